The second kappa shape index (κ2) is 9.19. The summed E-state index contributed by atoms with van der Waals surface area (Å²) in [6, 6.07) is 12.1. The molecule has 0 unspecified atom stereocenters. The van der Waals surface area contributed by atoms with Gasteiger partial charge in [0, 0.05) is 18.3 Å². The van der Waals surface area contributed by atoms with E-state index in [0.29, 0.717) is 23.6 Å². The quantitative estimate of drug-likeness (QED) is 0.425. The van der Waals surface area contributed by atoms with E-state index in [-0.39, 0.29) is 10.0 Å². The molecule has 0 bridgehead atoms. The van der Waals surface area contributed by atoms with E-state index >= 15 is 0 Å². The van der Waals surface area contributed by atoms with E-state index in [4.69, 9.17) is 17.0 Å². The van der Waals surface area contributed by atoms with E-state index < -0.39 is 15.9 Å². The van der Waals surface area contributed by atoms with Crippen LogP contribution in [0, 0.1) is 0 Å². The molecule has 2 aromatic rings. The first kappa shape index (κ1) is 20.5. The van der Waals surface area contributed by atoms with Gasteiger partial charge >= 0.3 is 0 Å². The van der Waals surface area contributed by atoms with Gasteiger partial charge in [-0.1, -0.05) is 0 Å². The predicted molar refractivity (Wildman–Crippen MR) is 107 cm³/mol. The molecular weight excluding hydrogens is 388 g/mol. The van der Waals surface area contributed by atoms with Gasteiger partial charge in [0.2, 0.25) is 0 Å². The molecule has 2 rings (SSSR count). The predicted octanol–water partition coefficient (Wildman–Crippen LogP) is 1.62. The van der Waals surface area contributed by atoms with Gasteiger partial charge in [-0.25, -0.2) is 8.42 Å². The molecule has 27 heavy (non-hydrogen) atoms. The van der Waals surface area contributed by atoms with Crippen LogP contribution in [0.25, 0.3) is 0 Å². The van der Waals surface area contributed by atoms with E-state index in [9.17, 15) is 13.2 Å². The van der Waals surface area contributed by atoms with Gasteiger partial charge in [-0.05, 0) is 67.7 Å². The van der Waals surface area contributed by atoms with Crippen LogP contribution in [-0.4, -0.2) is 33.1 Å². The highest BCUT2D eigenvalue weighted by molar-refractivity contribution is 7.92. The summed E-state index contributed by atoms with van der Waals surface area (Å²) >= 11 is 4.85. The second-order valence-corrected chi connectivity index (χ2v) is 7.34. The van der Waals surface area contributed by atoms with Gasteiger partial charge in [-0.2, -0.15) is 0 Å². The van der Waals surface area contributed by atoms with Crippen LogP contribution in [0.15, 0.2) is 53.4 Å². The number of nitrogens with one attached hydrogen (secondary N) is 4. The highest BCUT2D eigenvalue weighted by Crippen LogP contribution is 2.19. The van der Waals surface area contributed by atoms with Crippen LogP contribution >= 0.6 is 12.2 Å². The Morgan fingerprint density at radius 1 is 1.04 bits per heavy atom. The van der Waals surface area contributed by atoms with Crippen LogP contribution < -0.4 is 25.6 Å². The third kappa shape index (κ3) is 5.83. The fourth-order valence-corrected chi connectivity index (χ4v) is 3.14. The second-order valence-electron chi connectivity index (χ2n) is 5.25. The standard InChI is InChI=1S/C17H20N4O4S2/c1-3-25-14-8-10-15(11-9-14)27(23,24)21-13-6-4-12(5-7-13)16(22)19-20-17(26)18-2/h4-11,21H,3H2,1-2H3,(H,19,22)(H2,18,20,26). The highest BCUT2D eigenvalue weighted by atomic mass is 32.2. The van der Waals surface area contributed by atoms with E-state index in [1.807, 2.05) is 6.92 Å². The van der Waals surface area contributed by atoms with Crippen molar-refractivity contribution in [3.05, 3.63) is 54.1 Å². The Morgan fingerprint density at radius 2 is 1.67 bits per heavy atom. The van der Waals surface area contributed by atoms with Gasteiger partial charge in [0.05, 0.1) is 11.5 Å². The summed E-state index contributed by atoms with van der Waals surface area (Å²) < 4.78 is 32.6. The number of ether oxygens (including phenoxy) is 1. The van der Waals surface area contributed by atoms with Gasteiger partial charge in [0.15, 0.2) is 5.11 Å². The maximum absolute atomic E-state index is 12.4. The summed E-state index contributed by atoms with van der Waals surface area (Å²) in [6.45, 7) is 2.35. The van der Waals surface area contributed by atoms with Crippen LogP contribution in [0.4, 0.5) is 5.69 Å². The van der Waals surface area contributed by atoms with Gasteiger partial charge in [-0.3, -0.25) is 20.4 Å². The lowest BCUT2D eigenvalue weighted by Gasteiger charge is -2.11. The lowest BCUT2D eigenvalue weighted by atomic mass is 10.2. The van der Waals surface area contributed by atoms with Crippen molar-refractivity contribution < 1.29 is 17.9 Å². The Bertz CT molecular complexity index is 898. The summed E-state index contributed by atoms with van der Waals surface area (Å²) in [5.74, 6) is 0.187. The molecule has 0 heterocycles. The number of hydrogen-bond acceptors (Lipinski definition) is 5. The molecule has 0 aliphatic rings. The Labute approximate surface area is 163 Å². The number of benzene rings is 2. The van der Waals surface area contributed by atoms with Crippen molar-refractivity contribution in [2.24, 2.45) is 0 Å². The Kier molecular flexibility index (Phi) is 6.97. The van der Waals surface area contributed by atoms with Crippen molar-refractivity contribution >= 4 is 38.9 Å². The highest BCUT2D eigenvalue weighted by Gasteiger charge is 2.14. The van der Waals surface area contributed by atoms with Crippen LogP contribution in [0.2, 0.25) is 0 Å². The molecule has 0 fully saturated rings. The van der Waals surface area contributed by atoms with Crippen LogP contribution in [-0.2, 0) is 10.0 Å². The minimum absolute atomic E-state index is 0.109. The molecule has 1 amide bonds. The first-order valence-corrected chi connectivity index (χ1v) is 9.88. The molecule has 8 nitrogen and oxygen atoms in total. The zero-order chi connectivity index (χ0) is 19.9. The van der Waals surface area contributed by atoms with Crippen molar-refractivity contribution in [1.29, 1.82) is 0 Å². The molecule has 0 aliphatic heterocycles. The largest absolute Gasteiger partial charge is 0.494 e. The molecule has 0 aliphatic carbocycles. The van der Waals surface area contributed by atoms with Crippen molar-refractivity contribution in [2.45, 2.75) is 11.8 Å². The number of hydrazine groups is 1. The average Bonchev–Trinajstić information content (AvgIpc) is 2.66. The number of carbonyl (C=O) groups excluding carboxylic acids is 1. The van der Waals surface area contributed by atoms with Gasteiger partial charge in [0.25, 0.3) is 15.9 Å². The molecule has 0 saturated carbocycles. The van der Waals surface area contributed by atoms with Crippen LogP contribution in [0.5, 0.6) is 5.75 Å². The zero-order valence-electron chi connectivity index (χ0n) is 14.8. The average molecular weight is 409 g/mol. The SMILES string of the molecule is CCOc1ccc(S(=O)(=O)Nc2ccc(C(=O)NNC(=S)NC)cc2)cc1. The van der Waals surface area contributed by atoms with Crippen LogP contribution in [0.3, 0.4) is 0 Å². The normalized spacial score (nSPS) is 10.6. The minimum atomic E-state index is -3.75. The number of hydrogen-bond donors (Lipinski definition) is 4. The molecule has 10 heteroatoms. The molecule has 0 spiro atoms. The molecule has 0 aromatic heterocycles. The van der Waals surface area contributed by atoms with Crippen molar-refractivity contribution in [1.82, 2.24) is 16.2 Å². The van der Waals surface area contributed by atoms with Gasteiger partial charge in [-0.15, -0.1) is 0 Å². The molecule has 4 N–H and O–H groups in total. The number of thiocarbonyl (C=S) groups is 1. The summed E-state index contributed by atoms with van der Waals surface area (Å²) in [4.78, 5) is 12.1. The van der Waals surface area contributed by atoms with Gasteiger partial charge in [0.1, 0.15) is 5.75 Å². The monoisotopic (exact) mass is 408 g/mol. The van der Waals surface area contributed by atoms with Crippen molar-refractivity contribution in [3.63, 3.8) is 0 Å². The Hall–Kier alpha value is -2.85. The summed E-state index contributed by atoms with van der Waals surface area (Å²) in [5, 5.41) is 2.92. The summed E-state index contributed by atoms with van der Waals surface area (Å²) in [5.41, 5.74) is 5.60. The fraction of sp³-hybridized carbons (Fsp3) is 0.176. The fourth-order valence-electron chi connectivity index (χ4n) is 2.03. The molecule has 0 atom stereocenters. The number of sulfonamides is 1. The van der Waals surface area contributed by atoms with Crippen LogP contribution in [0.1, 0.15) is 17.3 Å². The molecule has 0 radical (unpaired) electrons. The van der Waals surface area contributed by atoms with E-state index in [2.05, 4.69) is 20.9 Å². The first-order valence-electron chi connectivity index (χ1n) is 7.99. The number of carbonyl (C=O) groups is 1. The third-order valence-corrected chi connectivity index (χ3v) is 5.06. The number of rotatable bonds is 6. The Morgan fingerprint density at radius 3 is 2.22 bits per heavy atom. The van der Waals surface area contributed by atoms with Crippen molar-refractivity contribution in [2.75, 3.05) is 18.4 Å². The topological polar surface area (TPSA) is 109 Å². The third-order valence-electron chi connectivity index (χ3n) is 3.36. The lowest BCUT2D eigenvalue weighted by Crippen LogP contribution is -2.45. The molecule has 2 aromatic carbocycles. The molecular formula is C17H20N4O4S2. The van der Waals surface area contributed by atoms with Crippen molar-refractivity contribution in [3.8, 4) is 5.75 Å². The van der Waals surface area contributed by atoms with Gasteiger partial charge < -0.3 is 10.1 Å². The smallest absolute Gasteiger partial charge is 0.269 e. The van der Waals surface area contributed by atoms with E-state index in [1.165, 1.54) is 36.4 Å². The minimum Gasteiger partial charge on any atom is -0.494 e. The maximum Gasteiger partial charge on any atom is 0.269 e. The number of amides is 1. The first-order chi connectivity index (χ1) is 12.9. The molecule has 144 valence electrons. The number of anilines is 1. The zero-order valence-corrected chi connectivity index (χ0v) is 16.4. The summed E-state index contributed by atoms with van der Waals surface area (Å²) in [7, 11) is -2.13. The van der Waals surface area contributed by atoms with E-state index in [0.717, 1.165) is 0 Å². The lowest BCUT2D eigenvalue weighted by molar-refractivity contribution is 0.0944. The maximum atomic E-state index is 12.4. The van der Waals surface area contributed by atoms with E-state index in [1.54, 1.807) is 19.2 Å². The molecule has 0 saturated heterocycles. The Balaban J connectivity index is 2.04. The summed E-state index contributed by atoms with van der Waals surface area (Å²) in [6.07, 6.45) is 0.